The molecule has 0 aliphatic rings. The van der Waals surface area contributed by atoms with Crippen LogP contribution in [0.4, 0.5) is 10.6 Å². The number of anilines is 1. The molecular weight excluding hydrogens is 398 g/mol. The lowest BCUT2D eigenvalue weighted by Crippen LogP contribution is -2.35. The average molecular weight is 418 g/mol. The summed E-state index contributed by atoms with van der Waals surface area (Å²) in [6, 6.07) is 26.4. The van der Waals surface area contributed by atoms with Crippen molar-refractivity contribution < 1.29 is 9.53 Å². The molecule has 0 saturated heterocycles. The van der Waals surface area contributed by atoms with Crippen LogP contribution in [0.5, 0.6) is 0 Å². The van der Waals surface area contributed by atoms with E-state index in [9.17, 15) is 4.79 Å². The number of carbonyl (C=O) groups is 1. The number of aromatic nitrogens is 2. The molecule has 3 aromatic carbocycles. The zero-order valence-electron chi connectivity index (χ0n) is 16.4. The number of hydrogen-bond donors (Lipinski definition) is 0. The van der Waals surface area contributed by atoms with Gasteiger partial charge < -0.3 is 4.74 Å². The number of para-hydroxylation sites is 1. The van der Waals surface area contributed by atoms with Crippen molar-refractivity contribution in [3.05, 3.63) is 101 Å². The van der Waals surface area contributed by atoms with Gasteiger partial charge in [0.05, 0.1) is 11.6 Å². The minimum absolute atomic E-state index is 0.0739. The largest absolute Gasteiger partial charge is 0.444 e. The zero-order valence-corrected chi connectivity index (χ0v) is 17.2. The molecule has 1 aromatic heterocycles. The molecule has 0 aliphatic heterocycles. The molecule has 0 aliphatic carbocycles. The maximum atomic E-state index is 13.3. The standard InChI is InChI=1S/C24H20ClN3O2/c1-17(19-12-6-3-7-13-19)28(24(29)30-16-18-10-4-2-5-11-18)22-20-14-8-9-15-21(20)26-23(25)27-22/h2-15,17H,16H2,1H3. The van der Waals surface area contributed by atoms with Crippen molar-refractivity contribution in [2.45, 2.75) is 19.6 Å². The molecule has 150 valence electrons. The van der Waals surface area contributed by atoms with E-state index in [1.54, 1.807) is 0 Å². The number of rotatable bonds is 5. The number of nitrogens with zero attached hydrogens (tertiary/aromatic N) is 3. The SMILES string of the molecule is CC(c1ccccc1)N(C(=O)OCc1ccccc1)c1nc(Cl)nc2ccccc12. The van der Waals surface area contributed by atoms with Gasteiger partial charge in [0.1, 0.15) is 6.61 Å². The molecule has 0 N–H and O–H groups in total. The van der Waals surface area contributed by atoms with Crippen molar-refractivity contribution in [3.63, 3.8) is 0 Å². The van der Waals surface area contributed by atoms with E-state index >= 15 is 0 Å². The predicted molar refractivity (Wildman–Crippen MR) is 119 cm³/mol. The van der Waals surface area contributed by atoms with Crippen molar-refractivity contribution in [1.29, 1.82) is 0 Å². The lowest BCUT2D eigenvalue weighted by atomic mass is 10.1. The number of ether oxygens (including phenoxy) is 1. The van der Waals surface area contributed by atoms with Crippen LogP contribution in [-0.2, 0) is 11.3 Å². The fourth-order valence-electron chi connectivity index (χ4n) is 3.31. The number of benzene rings is 3. The first-order valence-corrected chi connectivity index (χ1v) is 9.98. The highest BCUT2D eigenvalue weighted by Crippen LogP contribution is 2.32. The Morgan fingerprint density at radius 1 is 0.933 bits per heavy atom. The Balaban J connectivity index is 1.75. The van der Waals surface area contributed by atoms with Crippen molar-refractivity contribution in [2.24, 2.45) is 0 Å². The molecule has 0 fully saturated rings. The van der Waals surface area contributed by atoms with E-state index in [0.29, 0.717) is 11.3 Å². The lowest BCUT2D eigenvalue weighted by molar-refractivity contribution is 0.145. The second-order valence-electron chi connectivity index (χ2n) is 6.83. The first kappa shape index (κ1) is 19.9. The van der Waals surface area contributed by atoms with Gasteiger partial charge in [-0.2, -0.15) is 4.98 Å². The van der Waals surface area contributed by atoms with Crippen LogP contribution in [-0.4, -0.2) is 16.1 Å². The van der Waals surface area contributed by atoms with Crippen LogP contribution < -0.4 is 4.90 Å². The lowest BCUT2D eigenvalue weighted by Gasteiger charge is -2.29. The third kappa shape index (κ3) is 4.26. The smallest absolute Gasteiger partial charge is 0.416 e. The number of hydrogen-bond acceptors (Lipinski definition) is 4. The number of amides is 1. The van der Waals surface area contributed by atoms with Gasteiger partial charge in [0.15, 0.2) is 5.82 Å². The van der Waals surface area contributed by atoms with Gasteiger partial charge in [-0.3, -0.25) is 4.90 Å². The molecule has 4 rings (SSSR count). The maximum Gasteiger partial charge on any atom is 0.416 e. The second kappa shape index (κ2) is 8.93. The van der Waals surface area contributed by atoms with E-state index < -0.39 is 6.09 Å². The Kier molecular flexibility index (Phi) is 5.91. The van der Waals surface area contributed by atoms with Crippen molar-refractivity contribution in [2.75, 3.05) is 4.90 Å². The van der Waals surface area contributed by atoms with Crippen molar-refractivity contribution in [3.8, 4) is 0 Å². The van der Waals surface area contributed by atoms with Gasteiger partial charge in [0, 0.05) is 5.39 Å². The van der Waals surface area contributed by atoms with Gasteiger partial charge in [0.25, 0.3) is 0 Å². The van der Waals surface area contributed by atoms with E-state index in [1.165, 1.54) is 4.90 Å². The molecule has 4 aromatic rings. The summed E-state index contributed by atoms with van der Waals surface area (Å²) in [5.74, 6) is 0.417. The van der Waals surface area contributed by atoms with Crippen LogP contribution >= 0.6 is 11.6 Å². The normalized spacial score (nSPS) is 11.8. The summed E-state index contributed by atoms with van der Waals surface area (Å²) >= 11 is 6.20. The fraction of sp³-hybridized carbons (Fsp3) is 0.125. The zero-order chi connectivity index (χ0) is 20.9. The second-order valence-corrected chi connectivity index (χ2v) is 7.17. The Morgan fingerprint density at radius 2 is 1.57 bits per heavy atom. The van der Waals surface area contributed by atoms with E-state index in [1.807, 2.05) is 91.9 Å². The summed E-state index contributed by atoms with van der Waals surface area (Å²) in [7, 11) is 0. The fourth-order valence-corrected chi connectivity index (χ4v) is 3.48. The Hall–Kier alpha value is -3.44. The topological polar surface area (TPSA) is 55.3 Å². The molecule has 6 heteroatoms. The van der Waals surface area contributed by atoms with Crippen LogP contribution in [0, 0.1) is 0 Å². The summed E-state index contributed by atoms with van der Waals surface area (Å²) in [4.78, 5) is 23.5. The minimum Gasteiger partial charge on any atom is -0.444 e. The first-order chi connectivity index (χ1) is 14.6. The highest BCUT2D eigenvalue weighted by molar-refractivity contribution is 6.29. The van der Waals surface area contributed by atoms with Gasteiger partial charge in [-0.25, -0.2) is 9.78 Å². The van der Waals surface area contributed by atoms with Crippen LogP contribution in [0.1, 0.15) is 24.1 Å². The molecule has 1 amide bonds. The van der Waals surface area contributed by atoms with Gasteiger partial charge in [-0.15, -0.1) is 0 Å². The van der Waals surface area contributed by atoms with E-state index in [-0.39, 0.29) is 17.9 Å². The number of fused-ring (bicyclic) bond motifs is 1. The maximum absolute atomic E-state index is 13.3. The summed E-state index contributed by atoms with van der Waals surface area (Å²) in [5, 5.41) is 0.797. The first-order valence-electron chi connectivity index (χ1n) is 9.60. The van der Waals surface area contributed by atoms with Crippen LogP contribution in [0.15, 0.2) is 84.9 Å². The van der Waals surface area contributed by atoms with Crippen LogP contribution in [0.2, 0.25) is 5.28 Å². The van der Waals surface area contributed by atoms with Crippen molar-refractivity contribution in [1.82, 2.24) is 9.97 Å². The number of halogens is 1. The summed E-state index contributed by atoms with van der Waals surface area (Å²) < 4.78 is 5.66. The average Bonchev–Trinajstić information content (AvgIpc) is 2.79. The molecule has 1 atom stereocenters. The molecule has 0 bridgehead atoms. The van der Waals surface area contributed by atoms with Crippen LogP contribution in [0.3, 0.4) is 0 Å². The van der Waals surface area contributed by atoms with E-state index in [0.717, 1.165) is 16.5 Å². The molecule has 1 heterocycles. The molecule has 30 heavy (non-hydrogen) atoms. The molecule has 0 saturated carbocycles. The molecule has 0 radical (unpaired) electrons. The molecule has 1 unspecified atom stereocenters. The third-order valence-corrected chi connectivity index (χ3v) is 5.02. The molecular formula is C24H20ClN3O2. The summed E-state index contributed by atoms with van der Waals surface area (Å²) in [5.41, 5.74) is 2.52. The Labute approximate surface area is 179 Å². The minimum atomic E-state index is -0.505. The summed E-state index contributed by atoms with van der Waals surface area (Å²) in [6.07, 6.45) is -0.505. The molecule has 5 nitrogen and oxygen atoms in total. The monoisotopic (exact) mass is 417 g/mol. The van der Waals surface area contributed by atoms with Crippen LogP contribution in [0.25, 0.3) is 10.9 Å². The van der Waals surface area contributed by atoms with E-state index in [2.05, 4.69) is 9.97 Å². The van der Waals surface area contributed by atoms with Gasteiger partial charge in [0.2, 0.25) is 5.28 Å². The highest BCUT2D eigenvalue weighted by Gasteiger charge is 2.28. The summed E-state index contributed by atoms with van der Waals surface area (Å²) in [6.45, 7) is 2.10. The Morgan fingerprint density at radius 3 is 2.30 bits per heavy atom. The predicted octanol–water partition coefficient (Wildman–Crippen LogP) is 6.19. The Bertz CT molecular complexity index is 1150. The van der Waals surface area contributed by atoms with Gasteiger partial charge in [-0.1, -0.05) is 72.8 Å². The molecule has 0 spiro atoms. The quantitative estimate of drug-likeness (QED) is 0.363. The number of carbonyl (C=O) groups excluding carboxylic acids is 1. The van der Waals surface area contributed by atoms with E-state index in [4.69, 9.17) is 16.3 Å². The van der Waals surface area contributed by atoms with Crippen molar-refractivity contribution >= 4 is 34.4 Å². The highest BCUT2D eigenvalue weighted by atomic mass is 35.5. The van der Waals surface area contributed by atoms with Gasteiger partial charge in [-0.05, 0) is 41.8 Å². The van der Waals surface area contributed by atoms with Gasteiger partial charge >= 0.3 is 6.09 Å². The third-order valence-electron chi connectivity index (χ3n) is 4.86.